The van der Waals surface area contributed by atoms with Crippen LogP contribution in [0.3, 0.4) is 0 Å². The molecule has 18 nitrogen and oxygen atoms in total. The summed E-state index contributed by atoms with van der Waals surface area (Å²) in [5.74, 6) is 0.238. The van der Waals surface area contributed by atoms with E-state index < -0.39 is 59.1 Å². The van der Waals surface area contributed by atoms with Gasteiger partial charge in [-0.05, 0) is 29.7 Å². The zero-order valence-corrected chi connectivity index (χ0v) is 27.2. The number of hydrogen-bond donors (Lipinski definition) is 6. The van der Waals surface area contributed by atoms with Crippen molar-refractivity contribution in [1.82, 2.24) is 39.6 Å². The summed E-state index contributed by atoms with van der Waals surface area (Å²) in [5, 5.41) is 22.0. The van der Waals surface area contributed by atoms with E-state index in [-0.39, 0.29) is 30.3 Å². The first-order chi connectivity index (χ1) is 20.9. The first-order valence-electron chi connectivity index (χ1n) is 12.9. The van der Waals surface area contributed by atoms with Crippen molar-refractivity contribution >= 4 is 88.6 Å². The lowest BCUT2D eigenvalue weighted by Gasteiger charge is -2.27. The summed E-state index contributed by atoms with van der Waals surface area (Å²) in [7, 11) is 0. The summed E-state index contributed by atoms with van der Waals surface area (Å²) in [6, 6.07) is 1.62. The molecule has 7 N–H and O–H groups in total. The number of aromatic nitrogens is 8. The second-order valence-electron chi connectivity index (χ2n) is 10.1. The Hall–Kier alpha value is -1.78. The van der Waals surface area contributed by atoms with Crippen LogP contribution < -0.4 is 17.0 Å². The Kier molecular flexibility index (Phi) is 8.05. The minimum absolute atomic E-state index is 0.0409. The van der Waals surface area contributed by atoms with E-state index in [1.807, 2.05) is 0 Å². The number of thioether (sulfide) groups is 1. The zero-order valence-electron chi connectivity index (χ0n) is 22.1. The summed E-state index contributed by atoms with van der Waals surface area (Å²) in [6.45, 7) is -4.40. The number of nitrogens with one attached hydrogen (secondary N) is 1. The molecule has 44 heavy (non-hydrogen) atoms. The number of aliphatic hydroxyl groups is 1. The normalized spacial score (nSPS) is 36.6. The number of thiol groups is 1. The SMILES string of the molecule is Nc1nc2c(nnn2[C@@H]2S[C@@H]3COP(=S)(S)O[C@H]4C[C@H](c5cnn6c(N)ccnc56)O[C@@H]4COP(O)(=S)O[C@@H]2[C@@H]3O)c(=O)[nH]1. The first-order valence-corrected chi connectivity index (χ1v) is 20.2. The molecule has 0 aliphatic carbocycles. The van der Waals surface area contributed by atoms with Crippen molar-refractivity contribution in [2.75, 3.05) is 24.7 Å². The predicted molar refractivity (Wildman–Crippen MR) is 168 cm³/mol. The number of nitrogen functional groups attached to an aromatic ring is 2. The monoisotopic (exact) mass is 722 g/mol. The smallest absolute Gasteiger partial charge is 0.325 e. The standard InChI is InChI=1S/C20H24N10O8P2S4/c21-12-1-2-23-16-7(4-24-29(12)16)8-3-9-10(36-8)5-34-39(33,41)38-15-14(31)11(6-35-40(42,43)37-9)44-19(15)30-17-13(27-28-30)18(32)26-20(22)25-17/h1-2,4,8-11,14-15,19,31H,3,5-6,21H2,(H,33,41)(H,42,43)(H3,22,25,26,32)/t8-,9+,10-,11-,14-,15-,19-,39?/m1/s1. The fourth-order valence-electron chi connectivity index (χ4n) is 5.25. The number of anilines is 2. The third-order valence-electron chi connectivity index (χ3n) is 7.24. The van der Waals surface area contributed by atoms with E-state index in [9.17, 15) is 14.8 Å². The highest BCUT2D eigenvalue weighted by Gasteiger charge is 2.50. The maximum absolute atomic E-state index is 12.3. The van der Waals surface area contributed by atoms with Crippen LogP contribution in [-0.2, 0) is 46.4 Å². The van der Waals surface area contributed by atoms with E-state index in [4.69, 9.17) is 57.9 Å². The molecular formula is C20H24N10O8P2S4. The van der Waals surface area contributed by atoms with Crippen molar-refractivity contribution in [2.24, 2.45) is 0 Å². The minimum Gasteiger partial charge on any atom is -0.389 e. The minimum atomic E-state index is -4.03. The lowest BCUT2D eigenvalue weighted by atomic mass is 10.1. The number of nitrogens with zero attached hydrogens (tertiary/aromatic N) is 7. The van der Waals surface area contributed by atoms with Gasteiger partial charge in [0.25, 0.3) is 5.56 Å². The zero-order chi connectivity index (χ0) is 31.0. The van der Waals surface area contributed by atoms with Gasteiger partial charge in [0.2, 0.25) is 11.6 Å². The van der Waals surface area contributed by atoms with Gasteiger partial charge >= 0.3 is 6.72 Å². The van der Waals surface area contributed by atoms with Crippen molar-refractivity contribution in [3.8, 4) is 0 Å². The van der Waals surface area contributed by atoms with E-state index in [1.54, 1.807) is 18.5 Å². The van der Waals surface area contributed by atoms with Gasteiger partial charge in [-0.2, -0.15) is 14.6 Å². The summed E-state index contributed by atoms with van der Waals surface area (Å²) in [5.41, 5.74) is 9.08. The lowest BCUT2D eigenvalue weighted by molar-refractivity contribution is -0.0207. The molecule has 7 heterocycles. The molecule has 236 valence electrons. The van der Waals surface area contributed by atoms with Crippen LogP contribution in [0.4, 0.5) is 11.8 Å². The number of hydrogen-bond acceptors (Lipinski definition) is 17. The lowest BCUT2D eigenvalue weighted by Crippen LogP contribution is -2.35. The highest BCUT2D eigenvalue weighted by molar-refractivity contribution is 8.60. The van der Waals surface area contributed by atoms with Crippen molar-refractivity contribution in [3.05, 3.63) is 34.4 Å². The molecule has 0 saturated carbocycles. The number of aliphatic hydroxyl groups excluding tert-OH is 1. The number of nitrogens with two attached hydrogens (primary N) is 2. The molecule has 2 bridgehead atoms. The van der Waals surface area contributed by atoms with Gasteiger partial charge in [0, 0.05) is 18.2 Å². The Balaban J connectivity index is 1.19. The number of ether oxygens (including phenoxy) is 1. The molecule has 2 unspecified atom stereocenters. The van der Waals surface area contributed by atoms with Crippen molar-refractivity contribution in [2.45, 2.75) is 47.6 Å². The van der Waals surface area contributed by atoms with E-state index in [1.165, 1.54) is 9.20 Å². The average molecular weight is 723 g/mol. The topological polar surface area (TPSA) is 245 Å². The Labute approximate surface area is 266 Å². The molecule has 0 amide bonds. The van der Waals surface area contributed by atoms with Crippen LogP contribution in [0.15, 0.2) is 23.3 Å². The summed E-state index contributed by atoms with van der Waals surface area (Å²) in [6.07, 6.45) is -0.972. The Morgan fingerprint density at radius 3 is 2.82 bits per heavy atom. The van der Waals surface area contributed by atoms with Crippen LogP contribution in [0.1, 0.15) is 23.5 Å². The number of rotatable bonds is 2. The van der Waals surface area contributed by atoms with E-state index in [2.05, 4.69) is 42.6 Å². The molecule has 4 aromatic heterocycles. The van der Waals surface area contributed by atoms with Crippen LogP contribution in [-0.4, -0.2) is 92.4 Å². The van der Waals surface area contributed by atoms with Gasteiger partial charge in [0.15, 0.2) is 16.8 Å². The van der Waals surface area contributed by atoms with Crippen LogP contribution in [0.2, 0.25) is 0 Å². The van der Waals surface area contributed by atoms with Crippen LogP contribution >= 0.6 is 36.4 Å². The third kappa shape index (κ3) is 5.70. The molecule has 3 fully saturated rings. The van der Waals surface area contributed by atoms with Gasteiger partial charge in [-0.1, -0.05) is 17.5 Å². The molecule has 3 saturated heterocycles. The summed E-state index contributed by atoms with van der Waals surface area (Å²) < 4.78 is 32.9. The van der Waals surface area contributed by atoms with E-state index in [0.29, 0.717) is 23.4 Å². The van der Waals surface area contributed by atoms with Crippen LogP contribution in [0, 0.1) is 0 Å². The summed E-state index contributed by atoms with van der Waals surface area (Å²) in [4.78, 5) is 34.4. The van der Waals surface area contributed by atoms with Gasteiger partial charge in [-0.3, -0.25) is 14.3 Å². The highest BCUT2D eigenvalue weighted by atomic mass is 32.9. The molecule has 24 heteroatoms. The molecule has 3 aliphatic heterocycles. The second-order valence-corrected chi connectivity index (χ2v) is 19.5. The maximum Gasteiger partial charge on any atom is 0.325 e. The van der Waals surface area contributed by atoms with E-state index >= 15 is 0 Å². The van der Waals surface area contributed by atoms with Crippen LogP contribution in [0.5, 0.6) is 0 Å². The second kappa shape index (κ2) is 11.5. The first kappa shape index (κ1) is 30.9. The van der Waals surface area contributed by atoms with Crippen molar-refractivity contribution in [3.63, 3.8) is 0 Å². The van der Waals surface area contributed by atoms with Gasteiger partial charge in [0.05, 0.1) is 43.0 Å². The Morgan fingerprint density at radius 2 is 2.00 bits per heavy atom. The maximum atomic E-state index is 12.3. The molecule has 0 aromatic carbocycles. The average Bonchev–Trinajstić information content (AvgIpc) is 3.72. The van der Waals surface area contributed by atoms with Gasteiger partial charge in [-0.15, -0.1) is 16.9 Å². The molecule has 7 rings (SSSR count). The van der Waals surface area contributed by atoms with Gasteiger partial charge < -0.3 is 39.8 Å². The predicted octanol–water partition coefficient (Wildman–Crippen LogP) is 0.415. The largest absolute Gasteiger partial charge is 0.389 e. The van der Waals surface area contributed by atoms with Crippen molar-refractivity contribution in [1.29, 1.82) is 0 Å². The molecule has 0 radical (unpaired) electrons. The van der Waals surface area contributed by atoms with Gasteiger partial charge in [0.1, 0.15) is 23.4 Å². The quantitative estimate of drug-likeness (QED) is 0.121. The van der Waals surface area contributed by atoms with Crippen molar-refractivity contribution < 1.29 is 32.8 Å². The molecule has 4 aromatic rings. The third-order valence-corrected chi connectivity index (χ3v) is 12.5. The summed E-state index contributed by atoms with van der Waals surface area (Å²) >= 11 is 16.7. The molecule has 3 aliphatic rings. The number of H-pyrrole nitrogens is 1. The van der Waals surface area contributed by atoms with Gasteiger partial charge in [-0.25, -0.2) is 9.67 Å². The van der Waals surface area contributed by atoms with E-state index in [0.717, 1.165) is 11.8 Å². The Bertz CT molecular complexity index is 1910. The molecular weight excluding hydrogens is 698 g/mol. The molecule has 9 atom stereocenters. The number of aromatic amines is 1. The molecule has 0 spiro atoms. The Morgan fingerprint density at radius 1 is 1.18 bits per heavy atom. The highest BCUT2D eigenvalue weighted by Crippen LogP contribution is 2.60. The van der Waals surface area contributed by atoms with Crippen LogP contribution in [0.25, 0.3) is 16.8 Å². The fraction of sp³-hybridized carbons (Fsp3) is 0.500. The fourth-order valence-corrected chi connectivity index (χ4v) is 10.4. The number of fused-ring (bicyclic) bond motifs is 5.